The summed E-state index contributed by atoms with van der Waals surface area (Å²) in [5.74, 6) is 0.00694. The van der Waals surface area contributed by atoms with Crippen molar-refractivity contribution in [1.82, 2.24) is 4.98 Å². The Morgan fingerprint density at radius 3 is 2.64 bits per heavy atom. The van der Waals surface area contributed by atoms with Crippen molar-refractivity contribution in [2.24, 2.45) is 0 Å². The lowest BCUT2D eigenvalue weighted by Crippen LogP contribution is -1.93. The number of thiazole rings is 1. The molecule has 0 fully saturated rings. The Labute approximate surface area is 94.2 Å². The van der Waals surface area contributed by atoms with E-state index in [2.05, 4.69) is 4.98 Å². The highest BCUT2D eigenvalue weighted by molar-refractivity contribution is 7.19. The number of hydrogen-bond donors (Lipinski definition) is 0. The molecule has 0 aliphatic heterocycles. The van der Waals surface area contributed by atoms with Crippen LogP contribution in [0.3, 0.4) is 0 Å². The lowest BCUT2D eigenvalue weighted by atomic mass is 10.3. The van der Waals surface area contributed by atoms with E-state index in [-0.39, 0.29) is 5.78 Å². The second-order valence-corrected chi connectivity index (χ2v) is 5.63. The van der Waals surface area contributed by atoms with Gasteiger partial charge in [0.2, 0.25) is 5.78 Å². The number of carbonyl (C=O) groups excluding carboxylic acids is 1. The molecule has 0 N–H and O–H groups in total. The molecule has 0 amide bonds. The molecule has 0 bridgehead atoms. The number of ketones is 1. The zero-order valence-electron chi connectivity index (χ0n) is 7.28. The average Bonchev–Trinajstić information content (AvgIpc) is 2.73. The van der Waals surface area contributed by atoms with Crippen molar-refractivity contribution >= 4 is 40.1 Å². The van der Waals surface area contributed by atoms with Crippen LogP contribution >= 0.6 is 34.3 Å². The molecule has 0 spiro atoms. The van der Waals surface area contributed by atoms with Gasteiger partial charge in [-0.05, 0) is 19.1 Å². The Kier molecular flexibility index (Phi) is 2.67. The van der Waals surface area contributed by atoms with E-state index < -0.39 is 0 Å². The zero-order chi connectivity index (χ0) is 10.1. The first-order chi connectivity index (χ1) is 6.66. The van der Waals surface area contributed by atoms with Gasteiger partial charge in [0, 0.05) is 6.20 Å². The van der Waals surface area contributed by atoms with Gasteiger partial charge in [0.25, 0.3) is 0 Å². The predicted octanol–water partition coefficient (Wildman–Crippen LogP) is 3.40. The quantitative estimate of drug-likeness (QED) is 0.757. The van der Waals surface area contributed by atoms with Crippen molar-refractivity contribution in [1.29, 1.82) is 0 Å². The summed E-state index contributed by atoms with van der Waals surface area (Å²) >= 11 is 8.45. The van der Waals surface area contributed by atoms with Crippen LogP contribution < -0.4 is 0 Å². The smallest absolute Gasteiger partial charge is 0.214 e. The van der Waals surface area contributed by atoms with Gasteiger partial charge in [-0.15, -0.1) is 22.7 Å². The Morgan fingerprint density at radius 2 is 2.14 bits per heavy atom. The van der Waals surface area contributed by atoms with Crippen LogP contribution in [0.2, 0.25) is 4.34 Å². The Morgan fingerprint density at radius 1 is 1.36 bits per heavy atom. The third-order valence-electron chi connectivity index (χ3n) is 1.64. The summed E-state index contributed by atoms with van der Waals surface area (Å²) in [6.45, 7) is 1.88. The molecule has 0 unspecified atom stereocenters. The Bertz CT molecular complexity index is 432. The molecule has 5 heteroatoms. The van der Waals surface area contributed by atoms with Crippen LogP contribution in [0.1, 0.15) is 19.6 Å². The van der Waals surface area contributed by atoms with Gasteiger partial charge >= 0.3 is 0 Å². The highest BCUT2D eigenvalue weighted by atomic mass is 35.5. The second kappa shape index (κ2) is 3.81. The highest BCUT2D eigenvalue weighted by Crippen LogP contribution is 2.25. The zero-order valence-corrected chi connectivity index (χ0v) is 9.67. The fraction of sp³-hybridized carbons (Fsp3) is 0.111. The van der Waals surface area contributed by atoms with Crippen molar-refractivity contribution in [3.8, 4) is 0 Å². The van der Waals surface area contributed by atoms with Crippen molar-refractivity contribution < 1.29 is 4.79 Å². The van der Waals surface area contributed by atoms with E-state index in [1.54, 1.807) is 18.3 Å². The van der Waals surface area contributed by atoms with Gasteiger partial charge in [0.15, 0.2) is 0 Å². The molecule has 2 aromatic heterocycles. The molecule has 2 aromatic rings. The Hall–Kier alpha value is -0.710. The molecule has 2 heterocycles. The molecule has 2 rings (SSSR count). The summed E-state index contributed by atoms with van der Waals surface area (Å²) < 4.78 is 0.634. The molecule has 14 heavy (non-hydrogen) atoms. The average molecular weight is 244 g/mol. The molecule has 0 aliphatic carbocycles. The molecule has 0 saturated carbocycles. The fourth-order valence-corrected chi connectivity index (χ4v) is 2.82. The van der Waals surface area contributed by atoms with E-state index in [4.69, 9.17) is 11.6 Å². The molecular weight excluding hydrogens is 238 g/mol. The van der Waals surface area contributed by atoms with Gasteiger partial charge < -0.3 is 0 Å². The van der Waals surface area contributed by atoms with Crippen LogP contribution in [-0.4, -0.2) is 10.8 Å². The number of aromatic nitrogens is 1. The van der Waals surface area contributed by atoms with E-state index in [1.807, 2.05) is 6.92 Å². The first-order valence-corrected chi connectivity index (χ1v) is 5.90. The first kappa shape index (κ1) is 9.83. The van der Waals surface area contributed by atoms with Gasteiger partial charge in [-0.2, -0.15) is 0 Å². The van der Waals surface area contributed by atoms with Gasteiger partial charge in [0.05, 0.1) is 19.1 Å². The number of rotatable bonds is 2. The highest BCUT2D eigenvalue weighted by Gasteiger charge is 2.13. The van der Waals surface area contributed by atoms with E-state index in [0.29, 0.717) is 14.1 Å². The first-order valence-electron chi connectivity index (χ1n) is 3.89. The number of thiophene rings is 1. The number of carbonyl (C=O) groups is 1. The number of aryl methyl sites for hydroxylation is 1. The fourth-order valence-electron chi connectivity index (χ4n) is 1.02. The van der Waals surface area contributed by atoms with Gasteiger partial charge in [-0.1, -0.05) is 11.6 Å². The van der Waals surface area contributed by atoms with E-state index in [0.717, 1.165) is 5.01 Å². The summed E-state index contributed by atoms with van der Waals surface area (Å²) in [6, 6.07) is 3.47. The minimum absolute atomic E-state index is 0.00694. The lowest BCUT2D eigenvalue weighted by molar-refractivity contribution is 0.104. The maximum Gasteiger partial charge on any atom is 0.214 e. The van der Waals surface area contributed by atoms with Crippen LogP contribution in [0.5, 0.6) is 0 Å². The summed E-state index contributed by atoms with van der Waals surface area (Å²) in [5, 5.41) is 0.899. The summed E-state index contributed by atoms with van der Waals surface area (Å²) in [5.41, 5.74) is 0. The summed E-state index contributed by atoms with van der Waals surface area (Å²) in [4.78, 5) is 17.2. The number of nitrogens with zero attached hydrogens (tertiary/aromatic N) is 1. The normalized spacial score (nSPS) is 10.4. The van der Waals surface area contributed by atoms with Crippen molar-refractivity contribution in [3.63, 3.8) is 0 Å². The van der Waals surface area contributed by atoms with Crippen molar-refractivity contribution in [2.75, 3.05) is 0 Å². The van der Waals surface area contributed by atoms with E-state index >= 15 is 0 Å². The molecule has 0 radical (unpaired) electrons. The SMILES string of the molecule is Cc1ncc(C(=O)c2ccc(Cl)s2)s1. The molecule has 72 valence electrons. The maximum atomic E-state index is 11.8. The van der Waals surface area contributed by atoms with Crippen LogP contribution in [0, 0.1) is 6.92 Å². The van der Waals surface area contributed by atoms with Crippen molar-refractivity contribution in [3.05, 3.63) is 37.4 Å². The standard InChI is InChI=1S/C9H6ClNOS2/c1-5-11-4-7(13-5)9(12)6-2-3-8(10)14-6/h2-4H,1H3. The summed E-state index contributed by atoms with van der Waals surface area (Å²) in [6.07, 6.45) is 1.61. The topological polar surface area (TPSA) is 30.0 Å². The van der Waals surface area contributed by atoms with E-state index in [9.17, 15) is 4.79 Å². The van der Waals surface area contributed by atoms with Gasteiger partial charge in [-0.25, -0.2) is 4.98 Å². The number of halogens is 1. The minimum atomic E-state index is 0.00694. The van der Waals surface area contributed by atoms with Gasteiger partial charge in [-0.3, -0.25) is 4.79 Å². The molecule has 0 aliphatic rings. The molecule has 0 saturated heterocycles. The van der Waals surface area contributed by atoms with Crippen molar-refractivity contribution in [2.45, 2.75) is 6.92 Å². The Balaban J connectivity index is 2.33. The lowest BCUT2D eigenvalue weighted by Gasteiger charge is -1.89. The second-order valence-electron chi connectivity index (χ2n) is 2.68. The van der Waals surface area contributed by atoms with Crippen LogP contribution in [0.25, 0.3) is 0 Å². The predicted molar refractivity (Wildman–Crippen MR) is 59.6 cm³/mol. The van der Waals surface area contributed by atoms with Crippen LogP contribution in [-0.2, 0) is 0 Å². The van der Waals surface area contributed by atoms with Crippen LogP contribution in [0.15, 0.2) is 18.3 Å². The minimum Gasteiger partial charge on any atom is -0.287 e. The molecular formula is C9H6ClNOS2. The third-order valence-corrected chi connectivity index (χ3v) is 3.78. The van der Waals surface area contributed by atoms with Crippen LogP contribution in [0.4, 0.5) is 0 Å². The molecule has 0 atom stereocenters. The molecule has 2 nitrogen and oxygen atoms in total. The number of hydrogen-bond acceptors (Lipinski definition) is 4. The maximum absolute atomic E-state index is 11.8. The monoisotopic (exact) mass is 243 g/mol. The largest absolute Gasteiger partial charge is 0.287 e. The third kappa shape index (κ3) is 1.87. The van der Waals surface area contributed by atoms with Gasteiger partial charge in [0.1, 0.15) is 0 Å². The molecule has 0 aromatic carbocycles. The van der Waals surface area contributed by atoms with E-state index in [1.165, 1.54) is 22.7 Å². The summed E-state index contributed by atoms with van der Waals surface area (Å²) in [7, 11) is 0.